The van der Waals surface area contributed by atoms with E-state index in [-0.39, 0.29) is 30.1 Å². The van der Waals surface area contributed by atoms with Crippen LogP contribution in [-0.2, 0) is 11.3 Å². The molecule has 2 rings (SSSR count). The molecule has 2 N–H and O–H groups in total. The van der Waals surface area contributed by atoms with Crippen molar-refractivity contribution in [3.8, 4) is 5.75 Å². The van der Waals surface area contributed by atoms with Gasteiger partial charge in [-0.15, -0.1) is 24.0 Å². The van der Waals surface area contributed by atoms with Crippen LogP contribution in [0.25, 0.3) is 0 Å². The summed E-state index contributed by atoms with van der Waals surface area (Å²) in [6, 6.07) is 13.6. The van der Waals surface area contributed by atoms with Crippen molar-refractivity contribution in [1.82, 2.24) is 10.6 Å². The Morgan fingerprint density at radius 1 is 1.15 bits per heavy atom. The van der Waals surface area contributed by atoms with E-state index in [1.165, 1.54) is 0 Å². The number of ether oxygens (including phenoxy) is 2. The number of rotatable bonds is 11. The average molecular weight is 487 g/mol. The number of hydrogen-bond donors (Lipinski definition) is 2. The van der Waals surface area contributed by atoms with Gasteiger partial charge >= 0.3 is 0 Å². The predicted octanol–water partition coefficient (Wildman–Crippen LogP) is 3.83. The van der Waals surface area contributed by atoms with E-state index < -0.39 is 0 Å². The third-order valence-corrected chi connectivity index (χ3v) is 3.80. The minimum Gasteiger partial charge on any atom is -0.489 e. The Morgan fingerprint density at radius 3 is 2.63 bits per heavy atom. The summed E-state index contributed by atoms with van der Waals surface area (Å²) < 4.78 is 16.8. The molecule has 0 bridgehead atoms. The third kappa shape index (κ3) is 9.67. The number of nitrogens with zero attached hydrogens (tertiary/aromatic N) is 1. The maximum absolute atomic E-state index is 5.98. The van der Waals surface area contributed by atoms with Crippen LogP contribution < -0.4 is 15.4 Å². The summed E-state index contributed by atoms with van der Waals surface area (Å²) in [4.78, 5) is 4.24. The summed E-state index contributed by atoms with van der Waals surface area (Å²) in [5, 5.41) is 6.60. The second kappa shape index (κ2) is 14.3. The van der Waals surface area contributed by atoms with Crippen molar-refractivity contribution in [2.24, 2.45) is 4.99 Å². The lowest BCUT2D eigenvalue weighted by atomic mass is 10.2. The van der Waals surface area contributed by atoms with Crippen LogP contribution in [0.2, 0.25) is 0 Å². The van der Waals surface area contributed by atoms with E-state index in [2.05, 4.69) is 22.5 Å². The van der Waals surface area contributed by atoms with Crippen LogP contribution in [-0.4, -0.2) is 38.8 Å². The Balaban J connectivity index is 0.00000364. The van der Waals surface area contributed by atoms with E-state index >= 15 is 0 Å². The average Bonchev–Trinajstić information content (AvgIpc) is 3.20. The zero-order valence-corrected chi connectivity index (χ0v) is 18.3. The van der Waals surface area contributed by atoms with Crippen LogP contribution in [0.5, 0.6) is 5.75 Å². The fraction of sp³-hybridized carbons (Fsp3) is 0.450. The summed E-state index contributed by atoms with van der Waals surface area (Å²) in [6.07, 6.45) is 3.55. The molecule has 0 aliphatic rings. The molecule has 6 nitrogen and oxygen atoms in total. The second-order valence-electron chi connectivity index (χ2n) is 5.83. The normalized spacial score (nSPS) is 12.1. The maximum Gasteiger partial charge on any atom is 0.191 e. The molecule has 0 spiro atoms. The number of furan rings is 1. The Bertz CT molecular complexity index is 621. The van der Waals surface area contributed by atoms with Gasteiger partial charge in [0.05, 0.1) is 12.8 Å². The summed E-state index contributed by atoms with van der Waals surface area (Å²) >= 11 is 0. The molecule has 1 aromatic heterocycles. The number of nitrogens with one attached hydrogen (secondary N) is 2. The zero-order chi connectivity index (χ0) is 18.5. The van der Waals surface area contributed by atoms with Crippen LogP contribution in [0.1, 0.15) is 25.5 Å². The highest BCUT2D eigenvalue weighted by molar-refractivity contribution is 14.0. The lowest BCUT2D eigenvalue weighted by Crippen LogP contribution is -2.42. The second-order valence-corrected chi connectivity index (χ2v) is 5.83. The van der Waals surface area contributed by atoms with Gasteiger partial charge in [0.1, 0.15) is 24.2 Å². The Kier molecular flexibility index (Phi) is 12.4. The maximum atomic E-state index is 5.98. The first-order valence-corrected chi connectivity index (χ1v) is 9.08. The number of hydrogen-bond acceptors (Lipinski definition) is 4. The van der Waals surface area contributed by atoms with Gasteiger partial charge < -0.3 is 24.5 Å². The summed E-state index contributed by atoms with van der Waals surface area (Å²) in [5.41, 5.74) is 0. The van der Waals surface area contributed by atoms with Gasteiger partial charge in [0.2, 0.25) is 0 Å². The van der Waals surface area contributed by atoms with E-state index in [4.69, 9.17) is 13.9 Å². The topological polar surface area (TPSA) is 68.0 Å². The van der Waals surface area contributed by atoms with Gasteiger partial charge in [0, 0.05) is 20.2 Å². The summed E-state index contributed by atoms with van der Waals surface area (Å²) in [5.74, 6) is 2.50. The van der Waals surface area contributed by atoms with Crippen molar-refractivity contribution in [2.75, 3.05) is 26.7 Å². The number of benzene rings is 1. The molecule has 0 aliphatic carbocycles. The van der Waals surface area contributed by atoms with E-state index in [0.29, 0.717) is 19.8 Å². The highest BCUT2D eigenvalue weighted by atomic mass is 127. The molecule has 27 heavy (non-hydrogen) atoms. The van der Waals surface area contributed by atoms with E-state index in [9.17, 15) is 0 Å². The number of halogens is 1. The molecule has 0 radical (unpaired) electrons. The fourth-order valence-corrected chi connectivity index (χ4v) is 2.34. The van der Waals surface area contributed by atoms with Gasteiger partial charge in [-0.2, -0.15) is 0 Å². The Hall–Kier alpha value is -1.74. The molecule has 0 fully saturated rings. The van der Waals surface area contributed by atoms with Crippen molar-refractivity contribution >= 4 is 29.9 Å². The van der Waals surface area contributed by atoms with Crippen molar-refractivity contribution in [1.29, 1.82) is 0 Å². The van der Waals surface area contributed by atoms with Gasteiger partial charge in [0.15, 0.2) is 5.96 Å². The number of para-hydroxylation sites is 1. The summed E-state index contributed by atoms with van der Waals surface area (Å²) in [6.45, 7) is 4.77. The van der Waals surface area contributed by atoms with Crippen molar-refractivity contribution < 1.29 is 13.9 Å². The van der Waals surface area contributed by atoms with Gasteiger partial charge in [-0.25, -0.2) is 0 Å². The lowest BCUT2D eigenvalue weighted by molar-refractivity contribution is 0.105. The molecular weight excluding hydrogens is 457 g/mol. The van der Waals surface area contributed by atoms with Gasteiger partial charge in [-0.1, -0.05) is 25.1 Å². The smallest absolute Gasteiger partial charge is 0.191 e. The minimum atomic E-state index is 0. The molecule has 1 atom stereocenters. The number of guanidine groups is 1. The van der Waals surface area contributed by atoms with Gasteiger partial charge in [-0.3, -0.25) is 4.99 Å². The molecule has 0 saturated carbocycles. The van der Waals surface area contributed by atoms with Gasteiger partial charge in [0.25, 0.3) is 0 Å². The number of aliphatic imine (C=N–C) groups is 1. The first-order chi connectivity index (χ1) is 12.8. The van der Waals surface area contributed by atoms with Crippen LogP contribution in [0.15, 0.2) is 58.1 Å². The molecule has 1 heterocycles. The van der Waals surface area contributed by atoms with E-state index in [1.807, 2.05) is 42.5 Å². The van der Waals surface area contributed by atoms with Crippen molar-refractivity contribution in [3.63, 3.8) is 0 Å². The van der Waals surface area contributed by atoms with Crippen molar-refractivity contribution in [3.05, 3.63) is 54.5 Å². The SMILES string of the molecule is CCC(CNC(=NC)NCCCOCc1ccco1)Oc1ccccc1.I. The molecule has 1 aromatic carbocycles. The highest BCUT2D eigenvalue weighted by Gasteiger charge is 2.09. The molecular formula is C20H30IN3O3. The van der Waals surface area contributed by atoms with Crippen LogP contribution in [0.4, 0.5) is 0 Å². The van der Waals surface area contributed by atoms with E-state index in [1.54, 1.807) is 13.3 Å². The zero-order valence-electron chi connectivity index (χ0n) is 16.0. The molecule has 0 amide bonds. The summed E-state index contributed by atoms with van der Waals surface area (Å²) in [7, 11) is 1.77. The van der Waals surface area contributed by atoms with Crippen LogP contribution in [0.3, 0.4) is 0 Å². The Labute approximate surface area is 178 Å². The quantitative estimate of drug-likeness (QED) is 0.218. The fourth-order valence-electron chi connectivity index (χ4n) is 2.34. The molecule has 2 aromatic rings. The molecule has 150 valence electrons. The molecule has 7 heteroatoms. The largest absolute Gasteiger partial charge is 0.489 e. The Morgan fingerprint density at radius 2 is 1.96 bits per heavy atom. The molecule has 1 unspecified atom stereocenters. The molecule has 0 aliphatic heterocycles. The van der Waals surface area contributed by atoms with Crippen molar-refractivity contribution in [2.45, 2.75) is 32.5 Å². The monoisotopic (exact) mass is 487 g/mol. The minimum absolute atomic E-state index is 0. The van der Waals surface area contributed by atoms with E-state index in [0.717, 1.165) is 36.9 Å². The first kappa shape index (κ1) is 23.3. The van der Waals surface area contributed by atoms with Crippen LogP contribution >= 0.6 is 24.0 Å². The predicted molar refractivity (Wildman–Crippen MR) is 119 cm³/mol. The van der Waals surface area contributed by atoms with Gasteiger partial charge in [-0.05, 0) is 37.1 Å². The lowest BCUT2D eigenvalue weighted by Gasteiger charge is -2.20. The third-order valence-electron chi connectivity index (χ3n) is 3.80. The standard InChI is InChI=1S/C20H29N3O3.HI/c1-3-17(26-18-9-5-4-6-10-18)15-23-20(21-2)22-12-8-13-24-16-19-11-7-14-25-19;/h4-7,9-11,14,17H,3,8,12-13,15-16H2,1-2H3,(H2,21,22,23);1H. The molecule has 0 saturated heterocycles. The highest BCUT2D eigenvalue weighted by Crippen LogP contribution is 2.11. The first-order valence-electron chi connectivity index (χ1n) is 9.08. The van der Waals surface area contributed by atoms with Crippen LogP contribution in [0, 0.1) is 0 Å².